The number of carbonyl (C=O) groups excluding carboxylic acids is 3. The Labute approximate surface area is 241 Å². The van der Waals surface area contributed by atoms with Gasteiger partial charge in [0.1, 0.15) is 23.9 Å². The van der Waals surface area contributed by atoms with Crippen molar-refractivity contribution < 1.29 is 29.4 Å². The standard InChI is InChI=1S/C30H43N5O6/c1-3-19(2)26(30(40)41)35-29(39)25(17-20-9-5-4-6-10-20)34-28(38)24(18-21-12-14-22(36)15-13-21)33-27(37)23(32)11-7-8-16-31/h4-6,9-10,12-15,19,23-26,36H,3,7-8,11,16-18,31-32H2,1-2H3,(H,33,37)(H,34,38)(H,35,39)(H,40,41). The molecule has 0 aliphatic carbocycles. The number of carboxylic acid groups (broad SMARTS) is 1. The second-order valence-electron chi connectivity index (χ2n) is 10.3. The molecule has 2 rings (SSSR count). The maximum Gasteiger partial charge on any atom is 0.326 e. The van der Waals surface area contributed by atoms with Crippen LogP contribution in [0.15, 0.2) is 54.6 Å². The molecule has 11 nitrogen and oxygen atoms in total. The number of unbranched alkanes of at least 4 members (excludes halogenated alkanes) is 1. The number of aliphatic carboxylic acids is 1. The van der Waals surface area contributed by atoms with Gasteiger partial charge in [0.15, 0.2) is 0 Å². The van der Waals surface area contributed by atoms with Crippen LogP contribution in [0.3, 0.4) is 0 Å². The number of rotatable bonds is 17. The molecule has 0 heterocycles. The summed E-state index contributed by atoms with van der Waals surface area (Å²) in [5.74, 6) is -3.26. The average molecular weight is 570 g/mol. The Hall–Kier alpha value is -3.96. The lowest BCUT2D eigenvalue weighted by atomic mass is 9.97. The summed E-state index contributed by atoms with van der Waals surface area (Å²) in [5, 5.41) is 27.4. The van der Waals surface area contributed by atoms with Gasteiger partial charge < -0.3 is 37.6 Å². The van der Waals surface area contributed by atoms with Crippen LogP contribution in [0, 0.1) is 5.92 Å². The molecule has 9 N–H and O–H groups in total. The van der Waals surface area contributed by atoms with Gasteiger partial charge in [-0.05, 0) is 48.6 Å². The molecule has 2 aromatic rings. The molecule has 5 atom stereocenters. The van der Waals surface area contributed by atoms with E-state index in [4.69, 9.17) is 11.5 Å². The van der Waals surface area contributed by atoms with Crippen molar-refractivity contribution in [3.05, 3.63) is 65.7 Å². The first-order valence-corrected chi connectivity index (χ1v) is 14.0. The highest BCUT2D eigenvalue weighted by Crippen LogP contribution is 2.13. The van der Waals surface area contributed by atoms with Gasteiger partial charge >= 0.3 is 5.97 Å². The molecular formula is C30H43N5O6. The third-order valence-electron chi connectivity index (χ3n) is 7.01. The van der Waals surface area contributed by atoms with Crippen molar-refractivity contribution in [2.75, 3.05) is 6.54 Å². The maximum absolute atomic E-state index is 13.6. The molecule has 0 radical (unpaired) electrons. The molecule has 0 aliphatic rings. The molecule has 224 valence electrons. The number of nitrogens with two attached hydrogens (primary N) is 2. The van der Waals surface area contributed by atoms with Gasteiger partial charge in [-0.1, -0.05) is 69.2 Å². The lowest BCUT2D eigenvalue weighted by Gasteiger charge is -2.27. The fourth-order valence-corrected chi connectivity index (χ4v) is 4.26. The summed E-state index contributed by atoms with van der Waals surface area (Å²) >= 11 is 0. The van der Waals surface area contributed by atoms with Crippen LogP contribution in [0.1, 0.15) is 50.7 Å². The van der Waals surface area contributed by atoms with E-state index >= 15 is 0 Å². The zero-order valence-electron chi connectivity index (χ0n) is 23.7. The number of aromatic hydroxyl groups is 1. The van der Waals surface area contributed by atoms with Crippen LogP contribution in [-0.2, 0) is 32.0 Å². The van der Waals surface area contributed by atoms with Gasteiger partial charge in [-0.2, -0.15) is 0 Å². The highest BCUT2D eigenvalue weighted by Gasteiger charge is 2.32. The molecular weight excluding hydrogens is 526 g/mol. The summed E-state index contributed by atoms with van der Waals surface area (Å²) in [6.07, 6.45) is 2.45. The van der Waals surface area contributed by atoms with E-state index < -0.39 is 47.9 Å². The number of benzene rings is 2. The molecule has 0 fully saturated rings. The Morgan fingerprint density at radius 1 is 0.805 bits per heavy atom. The average Bonchev–Trinajstić information content (AvgIpc) is 2.96. The molecule has 5 unspecified atom stereocenters. The Balaban J connectivity index is 2.30. The zero-order chi connectivity index (χ0) is 30.4. The SMILES string of the molecule is CCC(C)C(NC(=O)C(Cc1ccccc1)NC(=O)C(Cc1ccc(O)cc1)NC(=O)C(N)CCCCN)C(=O)O. The van der Waals surface area contributed by atoms with Crippen LogP contribution >= 0.6 is 0 Å². The molecule has 0 saturated heterocycles. The van der Waals surface area contributed by atoms with E-state index in [1.807, 2.05) is 13.0 Å². The lowest BCUT2D eigenvalue weighted by Crippen LogP contribution is -2.58. The number of hydrogen-bond acceptors (Lipinski definition) is 7. The van der Waals surface area contributed by atoms with E-state index in [1.165, 1.54) is 12.1 Å². The van der Waals surface area contributed by atoms with Gasteiger partial charge in [0, 0.05) is 12.8 Å². The number of nitrogens with one attached hydrogen (secondary N) is 3. The van der Waals surface area contributed by atoms with Crippen molar-refractivity contribution in [1.82, 2.24) is 16.0 Å². The smallest absolute Gasteiger partial charge is 0.326 e. The quantitative estimate of drug-likeness (QED) is 0.138. The van der Waals surface area contributed by atoms with Crippen LogP contribution in [-0.4, -0.2) is 64.6 Å². The molecule has 11 heteroatoms. The zero-order valence-corrected chi connectivity index (χ0v) is 23.7. The number of amides is 3. The second-order valence-corrected chi connectivity index (χ2v) is 10.3. The summed E-state index contributed by atoms with van der Waals surface area (Å²) in [4.78, 5) is 51.8. The predicted octanol–water partition coefficient (Wildman–Crippen LogP) is 1.22. The topological polar surface area (TPSA) is 197 Å². The van der Waals surface area contributed by atoms with Crippen molar-refractivity contribution in [1.29, 1.82) is 0 Å². The number of phenols is 1. The van der Waals surface area contributed by atoms with E-state index in [-0.39, 0.29) is 24.5 Å². The normalized spacial score (nSPS) is 14.6. The van der Waals surface area contributed by atoms with Gasteiger partial charge in [0.25, 0.3) is 0 Å². The number of carbonyl (C=O) groups is 4. The highest BCUT2D eigenvalue weighted by atomic mass is 16.4. The first kappa shape index (κ1) is 33.2. The van der Waals surface area contributed by atoms with Crippen LogP contribution in [0.25, 0.3) is 0 Å². The van der Waals surface area contributed by atoms with E-state index in [0.717, 1.165) is 5.56 Å². The van der Waals surface area contributed by atoms with Crippen LogP contribution in [0.4, 0.5) is 0 Å². The summed E-state index contributed by atoms with van der Waals surface area (Å²) in [6.45, 7) is 4.03. The van der Waals surface area contributed by atoms with Crippen LogP contribution in [0.2, 0.25) is 0 Å². The Bertz CT molecular complexity index is 1130. The van der Waals surface area contributed by atoms with Crippen molar-refractivity contribution in [2.24, 2.45) is 17.4 Å². The van der Waals surface area contributed by atoms with Crippen molar-refractivity contribution in [2.45, 2.75) is 76.5 Å². The Kier molecular flexibility index (Phi) is 13.8. The minimum absolute atomic E-state index is 0.0506. The molecule has 41 heavy (non-hydrogen) atoms. The fourth-order valence-electron chi connectivity index (χ4n) is 4.26. The van der Waals surface area contributed by atoms with Gasteiger partial charge in [-0.25, -0.2) is 4.79 Å². The third-order valence-corrected chi connectivity index (χ3v) is 7.01. The maximum atomic E-state index is 13.6. The Morgan fingerprint density at radius 2 is 1.34 bits per heavy atom. The minimum Gasteiger partial charge on any atom is -0.508 e. The molecule has 2 aromatic carbocycles. The van der Waals surface area contributed by atoms with Crippen molar-refractivity contribution >= 4 is 23.7 Å². The first-order chi connectivity index (χ1) is 19.5. The van der Waals surface area contributed by atoms with Crippen LogP contribution in [0.5, 0.6) is 5.75 Å². The lowest BCUT2D eigenvalue weighted by molar-refractivity contribution is -0.143. The van der Waals surface area contributed by atoms with E-state index in [2.05, 4.69) is 16.0 Å². The first-order valence-electron chi connectivity index (χ1n) is 14.0. The third kappa shape index (κ3) is 11.2. The van der Waals surface area contributed by atoms with E-state index in [0.29, 0.717) is 37.8 Å². The van der Waals surface area contributed by atoms with Gasteiger partial charge in [-0.3, -0.25) is 14.4 Å². The molecule has 0 spiro atoms. The molecule has 0 saturated carbocycles. The predicted molar refractivity (Wildman–Crippen MR) is 156 cm³/mol. The molecule has 0 aromatic heterocycles. The number of carboxylic acids is 1. The molecule has 0 bridgehead atoms. The largest absolute Gasteiger partial charge is 0.508 e. The second kappa shape index (κ2) is 17.0. The molecule has 0 aliphatic heterocycles. The summed E-state index contributed by atoms with van der Waals surface area (Å²) in [5.41, 5.74) is 13.0. The van der Waals surface area contributed by atoms with Gasteiger partial charge in [-0.15, -0.1) is 0 Å². The summed E-state index contributed by atoms with van der Waals surface area (Å²) in [7, 11) is 0. The monoisotopic (exact) mass is 569 g/mol. The molecule has 3 amide bonds. The van der Waals surface area contributed by atoms with Gasteiger partial charge in [0.2, 0.25) is 17.7 Å². The minimum atomic E-state index is -1.17. The Morgan fingerprint density at radius 3 is 1.88 bits per heavy atom. The number of phenolic OH excluding ortho intramolecular Hbond substituents is 1. The van der Waals surface area contributed by atoms with Crippen molar-refractivity contribution in [3.8, 4) is 5.75 Å². The fraction of sp³-hybridized carbons (Fsp3) is 0.467. The highest BCUT2D eigenvalue weighted by molar-refractivity contribution is 5.94. The summed E-state index contributed by atoms with van der Waals surface area (Å²) < 4.78 is 0. The number of hydrogen-bond donors (Lipinski definition) is 7. The van der Waals surface area contributed by atoms with E-state index in [1.54, 1.807) is 43.3 Å². The van der Waals surface area contributed by atoms with Crippen LogP contribution < -0.4 is 27.4 Å². The van der Waals surface area contributed by atoms with Crippen molar-refractivity contribution in [3.63, 3.8) is 0 Å². The van der Waals surface area contributed by atoms with Gasteiger partial charge in [0.05, 0.1) is 6.04 Å². The summed E-state index contributed by atoms with van der Waals surface area (Å²) in [6, 6.07) is 11.0. The van der Waals surface area contributed by atoms with E-state index in [9.17, 15) is 29.4 Å².